The van der Waals surface area contributed by atoms with Gasteiger partial charge in [0.05, 0.1) is 12.6 Å². The lowest BCUT2D eigenvalue weighted by Crippen LogP contribution is -2.41. The number of methoxy groups -OCH3 is 1. The van der Waals surface area contributed by atoms with Crippen molar-refractivity contribution in [3.8, 4) is 5.75 Å². The molecule has 0 atom stereocenters. The van der Waals surface area contributed by atoms with Gasteiger partial charge >= 0.3 is 0 Å². The number of carbonyl (C=O) groups is 1. The Morgan fingerprint density at radius 2 is 2.00 bits per heavy atom. The van der Waals surface area contributed by atoms with Gasteiger partial charge in [-0.15, -0.1) is 0 Å². The summed E-state index contributed by atoms with van der Waals surface area (Å²) in [5.41, 5.74) is 0.991. The molecule has 1 aromatic carbocycles. The van der Waals surface area contributed by atoms with E-state index in [9.17, 15) is 4.79 Å². The van der Waals surface area contributed by atoms with Crippen molar-refractivity contribution in [1.82, 2.24) is 10.3 Å². The summed E-state index contributed by atoms with van der Waals surface area (Å²) in [6.45, 7) is 1.94. The van der Waals surface area contributed by atoms with Crippen LogP contribution in [0.1, 0.15) is 38.5 Å². The summed E-state index contributed by atoms with van der Waals surface area (Å²) in [7, 11) is 1.68. The summed E-state index contributed by atoms with van der Waals surface area (Å²) in [4.78, 5) is 19.3. The van der Waals surface area contributed by atoms with Gasteiger partial charge < -0.3 is 15.0 Å². The topological polar surface area (TPSA) is 54.5 Å². The number of nitrogens with one attached hydrogen (secondary N) is 1. The third-order valence-corrected chi connectivity index (χ3v) is 5.76. The quantitative estimate of drug-likeness (QED) is 0.894. The average Bonchev–Trinajstić information content (AvgIpc) is 2.64. The van der Waals surface area contributed by atoms with Crippen molar-refractivity contribution in [2.45, 2.75) is 44.6 Å². The van der Waals surface area contributed by atoms with E-state index in [0.717, 1.165) is 61.2 Å². The Morgan fingerprint density at radius 3 is 2.69 bits per heavy atom. The lowest BCUT2D eigenvalue weighted by Gasteiger charge is -2.33. The highest BCUT2D eigenvalue weighted by molar-refractivity contribution is 5.82. The molecule has 5 heteroatoms. The zero-order valence-corrected chi connectivity index (χ0v) is 15.4. The number of nitrogens with zero attached hydrogens (tertiary/aromatic N) is 2. The molecule has 2 fully saturated rings. The van der Waals surface area contributed by atoms with Gasteiger partial charge in [0.2, 0.25) is 5.91 Å². The Balaban J connectivity index is 1.33. The molecule has 1 aliphatic carbocycles. The highest BCUT2D eigenvalue weighted by atomic mass is 16.5. The Kier molecular flexibility index (Phi) is 4.96. The van der Waals surface area contributed by atoms with Crippen LogP contribution >= 0.6 is 0 Å². The maximum Gasteiger partial charge on any atom is 0.220 e. The van der Waals surface area contributed by atoms with Crippen LogP contribution in [0.4, 0.5) is 5.82 Å². The number of benzene rings is 1. The van der Waals surface area contributed by atoms with Gasteiger partial charge in [0, 0.05) is 30.9 Å². The number of rotatable bonds is 5. The Hall–Kier alpha value is -2.30. The molecule has 1 saturated carbocycles. The highest BCUT2D eigenvalue weighted by Crippen LogP contribution is 2.27. The van der Waals surface area contributed by atoms with E-state index in [1.165, 1.54) is 6.42 Å². The SMILES string of the molecule is COc1ccc2nc(N3CCC(CC(=O)NC4CCC4)CC3)ccc2c1. The second kappa shape index (κ2) is 7.52. The number of ether oxygens (including phenoxy) is 1. The van der Waals surface area contributed by atoms with Crippen LogP contribution in [0.15, 0.2) is 30.3 Å². The monoisotopic (exact) mass is 353 g/mol. The number of carbonyl (C=O) groups excluding carboxylic acids is 1. The Labute approximate surface area is 154 Å². The van der Waals surface area contributed by atoms with Gasteiger partial charge in [0.15, 0.2) is 0 Å². The van der Waals surface area contributed by atoms with Crippen LogP contribution in [-0.2, 0) is 4.79 Å². The fourth-order valence-electron chi connectivity index (χ4n) is 3.86. The number of anilines is 1. The molecule has 1 aliphatic heterocycles. The smallest absolute Gasteiger partial charge is 0.220 e. The van der Waals surface area contributed by atoms with Crippen LogP contribution in [0.2, 0.25) is 0 Å². The highest BCUT2D eigenvalue weighted by Gasteiger charge is 2.25. The van der Waals surface area contributed by atoms with Gasteiger partial charge in [-0.25, -0.2) is 4.98 Å². The molecule has 5 nitrogen and oxygen atoms in total. The molecule has 1 N–H and O–H groups in total. The summed E-state index contributed by atoms with van der Waals surface area (Å²) in [6, 6.07) is 10.6. The summed E-state index contributed by atoms with van der Waals surface area (Å²) in [5, 5.41) is 4.25. The molecule has 1 saturated heterocycles. The maximum absolute atomic E-state index is 12.1. The van der Waals surface area contributed by atoms with Crippen LogP contribution in [-0.4, -0.2) is 37.1 Å². The van der Waals surface area contributed by atoms with Crippen molar-refractivity contribution in [2.24, 2.45) is 5.92 Å². The average molecular weight is 353 g/mol. The van der Waals surface area contributed by atoms with Gasteiger partial charge in [-0.3, -0.25) is 4.79 Å². The van der Waals surface area contributed by atoms with E-state index in [1.807, 2.05) is 18.2 Å². The summed E-state index contributed by atoms with van der Waals surface area (Å²) < 4.78 is 5.28. The van der Waals surface area contributed by atoms with Gasteiger partial charge in [-0.1, -0.05) is 0 Å². The van der Waals surface area contributed by atoms with Gasteiger partial charge in [0.1, 0.15) is 11.6 Å². The molecule has 2 aliphatic rings. The van der Waals surface area contributed by atoms with Crippen LogP contribution in [0.25, 0.3) is 10.9 Å². The zero-order valence-electron chi connectivity index (χ0n) is 15.4. The Morgan fingerprint density at radius 1 is 1.19 bits per heavy atom. The molecular weight excluding hydrogens is 326 g/mol. The second-order valence-corrected chi connectivity index (χ2v) is 7.56. The van der Waals surface area contributed by atoms with Crippen molar-refractivity contribution in [3.63, 3.8) is 0 Å². The number of fused-ring (bicyclic) bond motifs is 1. The predicted molar refractivity (Wildman–Crippen MR) is 104 cm³/mol. The molecule has 2 aromatic rings. The molecule has 138 valence electrons. The van der Waals surface area contributed by atoms with E-state index in [4.69, 9.17) is 9.72 Å². The number of hydrogen-bond acceptors (Lipinski definition) is 4. The third-order valence-electron chi connectivity index (χ3n) is 5.76. The van der Waals surface area contributed by atoms with E-state index in [2.05, 4.69) is 22.3 Å². The molecule has 1 amide bonds. The summed E-state index contributed by atoms with van der Waals surface area (Å²) >= 11 is 0. The molecule has 0 spiro atoms. The minimum atomic E-state index is 0.242. The minimum absolute atomic E-state index is 0.242. The fraction of sp³-hybridized carbons (Fsp3) is 0.524. The first-order valence-corrected chi connectivity index (χ1v) is 9.70. The van der Waals surface area contributed by atoms with E-state index in [-0.39, 0.29) is 5.91 Å². The fourth-order valence-corrected chi connectivity index (χ4v) is 3.86. The largest absolute Gasteiger partial charge is 0.497 e. The van der Waals surface area contributed by atoms with Crippen molar-refractivity contribution >= 4 is 22.6 Å². The van der Waals surface area contributed by atoms with Crippen LogP contribution in [0.3, 0.4) is 0 Å². The first-order valence-electron chi connectivity index (χ1n) is 9.70. The number of hydrogen-bond donors (Lipinski definition) is 1. The van der Waals surface area contributed by atoms with Gasteiger partial charge in [-0.05, 0) is 68.4 Å². The summed E-state index contributed by atoms with van der Waals surface area (Å²) in [5.74, 6) is 2.62. The Bertz CT molecular complexity index is 780. The zero-order chi connectivity index (χ0) is 17.9. The van der Waals surface area contributed by atoms with E-state index in [1.54, 1.807) is 7.11 Å². The number of piperidine rings is 1. The molecule has 2 heterocycles. The number of pyridine rings is 1. The molecule has 1 aromatic heterocycles. The normalized spacial score (nSPS) is 18.6. The number of aromatic nitrogens is 1. The van der Waals surface area contributed by atoms with Gasteiger partial charge in [-0.2, -0.15) is 0 Å². The molecule has 26 heavy (non-hydrogen) atoms. The molecular formula is C21H27N3O2. The van der Waals surface area contributed by atoms with E-state index >= 15 is 0 Å². The standard InChI is InChI=1S/C21H27N3O2/c1-26-18-6-7-19-16(14-18)5-8-20(23-19)24-11-9-15(10-12-24)13-21(25)22-17-3-2-4-17/h5-8,14-15,17H,2-4,9-13H2,1H3,(H,22,25). The van der Waals surface area contributed by atoms with Crippen molar-refractivity contribution in [1.29, 1.82) is 0 Å². The number of amides is 1. The molecule has 4 rings (SSSR count). The molecule has 0 bridgehead atoms. The second-order valence-electron chi connectivity index (χ2n) is 7.56. The lowest BCUT2D eigenvalue weighted by atomic mass is 9.90. The minimum Gasteiger partial charge on any atom is -0.497 e. The van der Waals surface area contributed by atoms with Crippen molar-refractivity contribution < 1.29 is 9.53 Å². The van der Waals surface area contributed by atoms with Crippen LogP contribution in [0, 0.1) is 5.92 Å². The molecule has 0 unspecified atom stereocenters. The first-order chi connectivity index (χ1) is 12.7. The van der Waals surface area contributed by atoms with Crippen LogP contribution < -0.4 is 15.0 Å². The summed E-state index contributed by atoms with van der Waals surface area (Å²) in [6.07, 6.45) is 6.36. The first kappa shape index (κ1) is 17.1. The van der Waals surface area contributed by atoms with Crippen molar-refractivity contribution in [3.05, 3.63) is 30.3 Å². The van der Waals surface area contributed by atoms with E-state index in [0.29, 0.717) is 18.4 Å². The maximum atomic E-state index is 12.1. The van der Waals surface area contributed by atoms with Gasteiger partial charge in [0.25, 0.3) is 0 Å². The lowest BCUT2D eigenvalue weighted by molar-refractivity contribution is -0.123. The predicted octanol–water partition coefficient (Wildman–Crippen LogP) is 3.52. The third kappa shape index (κ3) is 3.76. The van der Waals surface area contributed by atoms with Crippen LogP contribution in [0.5, 0.6) is 5.75 Å². The van der Waals surface area contributed by atoms with E-state index < -0.39 is 0 Å². The van der Waals surface area contributed by atoms with Crippen molar-refractivity contribution in [2.75, 3.05) is 25.1 Å². The molecule has 0 radical (unpaired) electrons.